The maximum Gasteiger partial charge on any atom is 0.214 e. The lowest BCUT2D eigenvalue weighted by Crippen LogP contribution is -2.52. The van der Waals surface area contributed by atoms with Crippen LogP contribution >= 0.6 is 0 Å². The van der Waals surface area contributed by atoms with Crippen molar-refractivity contribution in [2.24, 2.45) is 5.73 Å². The van der Waals surface area contributed by atoms with E-state index in [2.05, 4.69) is 0 Å². The molecule has 1 aliphatic carbocycles. The van der Waals surface area contributed by atoms with Crippen LogP contribution in [0.3, 0.4) is 0 Å². The Labute approximate surface area is 85.5 Å². The van der Waals surface area contributed by atoms with E-state index >= 15 is 0 Å². The Morgan fingerprint density at radius 1 is 1.21 bits per heavy atom. The molecule has 0 aromatic heterocycles. The van der Waals surface area contributed by atoms with Gasteiger partial charge in [0.1, 0.15) is 0 Å². The lowest BCUT2D eigenvalue weighted by atomic mass is 9.98. The molecule has 4 nitrogen and oxygen atoms in total. The maximum absolute atomic E-state index is 11.8. The highest BCUT2D eigenvalue weighted by Gasteiger charge is 2.46. The van der Waals surface area contributed by atoms with Crippen LogP contribution in [-0.4, -0.2) is 37.1 Å². The van der Waals surface area contributed by atoms with E-state index in [0.717, 1.165) is 32.1 Å². The van der Waals surface area contributed by atoms with E-state index in [4.69, 9.17) is 5.73 Å². The summed E-state index contributed by atoms with van der Waals surface area (Å²) in [4.78, 5) is 0. The molecule has 1 heterocycles. The molecule has 2 aliphatic rings. The summed E-state index contributed by atoms with van der Waals surface area (Å²) in [6.45, 7) is 1.16. The van der Waals surface area contributed by atoms with Crippen LogP contribution in [0.1, 0.15) is 32.1 Å². The fraction of sp³-hybridized carbons (Fsp3) is 1.00. The summed E-state index contributed by atoms with van der Waals surface area (Å²) in [6.07, 6.45) is 4.89. The van der Waals surface area contributed by atoms with E-state index < -0.39 is 10.0 Å². The van der Waals surface area contributed by atoms with E-state index in [9.17, 15) is 8.42 Å². The van der Waals surface area contributed by atoms with E-state index in [-0.39, 0.29) is 5.54 Å². The molecular weight excluding hydrogens is 200 g/mol. The van der Waals surface area contributed by atoms with Crippen molar-refractivity contribution in [3.8, 4) is 0 Å². The van der Waals surface area contributed by atoms with Crippen LogP contribution in [0.25, 0.3) is 0 Å². The van der Waals surface area contributed by atoms with Gasteiger partial charge >= 0.3 is 0 Å². The second kappa shape index (κ2) is 3.47. The van der Waals surface area contributed by atoms with Crippen molar-refractivity contribution < 1.29 is 8.42 Å². The van der Waals surface area contributed by atoms with Gasteiger partial charge in [0.25, 0.3) is 0 Å². The highest BCUT2D eigenvalue weighted by molar-refractivity contribution is 7.89. The minimum absolute atomic E-state index is 0.227. The largest absolute Gasteiger partial charge is 0.329 e. The van der Waals surface area contributed by atoms with Crippen LogP contribution in [0.5, 0.6) is 0 Å². The Bertz CT molecular complexity index is 307. The smallest absolute Gasteiger partial charge is 0.214 e. The van der Waals surface area contributed by atoms with Crippen molar-refractivity contribution >= 4 is 10.0 Å². The molecule has 14 heavy (non-hydrogen) atoms. The average Bonchev–Trinajstić information content (AvgIpc) is 2.71. The first kappa shape index (κ1) is 10.4. The molecule has 0 amide bonds. The van der Waals surface area contributed by atoms with Gasteiger partial charge in [0.05, 0.1) is 5.75 Å². The van der Waals surface area contributed by atoms with Gasteiger partial charge in [0.15, 0.2) is 0 Å². The predicted octanol–water partition coefficient (Wildman–Crippen LogP) is 0.293. The highest BCUT2D eigenvalue weighted by atomic mass is 32.2. The molecule has 0 bridgehead atoms. The van der Waals surface area contributed by atoms with Crippen LogP contribution in [0.2, 0.25) is 0 Å². The van der Waals surface area contributed by atoms with E-state index in [1.807, 2.05) is 0 Å². The molecule has 82 valence electrons. The molecule has 1 aliphatic heterocycles. The molecule has 0 aromatic carbocycles. The van der Waals surface area contributed by atoms with E-state index in [0.29, 0.717) is 18.8 Å². The predicted molar refractivity (Wildman–Crippen MR) is 55.4 cm³/mol. The fourth-order valence-corrected chi connectivity index (χ4v) is 4.73. The summed E-state index contributed by atoms with van der Waals surface area (Å²) in [7, 11) is -2.99. The third kappa shape index (κ3) is 1.47. The molecule has 1 saturated heterocycles. The summed E-state index contributed by atoms with van der Waals surface area (Å²) < 4.78 is 25.3. The first-order valence-corrected chi connectivity index (χ1v) is 6.92. The average molecular weight is 218 g/mol. The summed E-state index contributed by atoms with van der Waals surface area (Å²) in [5.41, 5.74) is 5.54. The minimum atomic E-state index is -2.99. The summed E-state index contributed by atoms with van der Waals surface area (Å²) in [5.74, 6) is 0.314. The van der Waals surface area contributed by atoms with Crippen molar-refractivity contribution in [3.05, 3.63) is 0 Å². The van der Waals surface area contributed by atoms with Gasteiger partial charge in [-0.05, 0) is 19.3 Å². The molecule has 2 fully saturated rings. The van der Waals surface area contributed by atoms with Crippen molar-refractivity contribution in [2.75, 3.05) is 18.8 Å². The number of nitrogens with two attached hydrogens (primary N) is 1. The minimum Gasteiger partial charge on any atom is -0.329 e. The Kier molecular flexibility index (Phi) is 2.57. The molecule has 0 radical (unpaired) electrons. The van der Waals surface area contributed by atoms with Crippen molar-refractivity contribution in [2.45, 2.75) is 37.6 Å². The second-order valence-corrected chi connectivity index (χ2v) is 6.39. The van der Waals surface area contributed by atoms with Gasteiger partial charge in [0, 0.05) is 18.6 Å². The third-order valence-electron chi connectivity index (χ3n) is 3.54. The fourth-order valence-electron chi connectivity index (χ4n) is 2.76. The standard InChI is InChI=1S/C9H18N2O2S/c10-8-9(4-1-2-5-9)11-6-3-7-14(11,12)13/h1-8,10H2. The monoisotopic (exact) mass is 218 g/mol. The van der Waals surface area contributed by atoms with Crippen LogP contribution in [0.15, 0.2) is 0 Å². The van der Waals surface area contributed by atoms with Crippen LogP contribution in [-0.2, 0) is 10.0 Å². The van der Waals surface area contributed by atoms with Crippen molar-refractivity contribution in [1.29, 1.82) is 0 Å². The van der Waals surface area contributed by atoms with Crippen LogP contribution in [0, 0.1) is 0 Å². The maximum atomic E-state index is 11.8. The van der Waals surface area contributed by atoms with Crippen LogP contribution in [0.4, 0.5) is 0 Å². The zero-order chi connectivity index (χ0) is 10.2. The van der Waals surface area contributed by atoms with E-state index in [1.165, 1.54) is 0 Å². The quantitative estimate of drug-likeness (QED) is 0.724. The zero-order valence-electron chi connectivity index (χ0n) is 8.41. The third-order valence-corrected chi connectivity index (χ3v) is 5.59. The number of hydrogen-bond acceptors (Lipinski definition) is 3. The topological polar surface area (TPSA) is 63.4 Å². The molecule has 0 unspecified atom stereocenters. The number of sulfonamides is 1. The van der Waals surface area contributed by atoms with Gasteiger partial charge in [0.2, 0.25) is 10.0 Å². The van der Waals surface area contributed by atoms with Gasteiger partial charge in [-0.15, -0.1) is 0 Å². The molecule has 5 heteroatoms. The molecule has 1 saturated carbocycles. The lowest BCUT2D eigenvalue weighted by Gasteiger charge is -2.36. The van der Waals surface area contributed by atoms with Gasteiger partial charge in [-0.2, -0.15) is 4.31 Å². The molecule has 0 atom stereocenters. The van der Waals surface area contributed by atoms with Crippen molar-refractivity contribution in [1.82, 2.24) is 4.31 Å². The lowest BCUT2D eigenvalue weighted by molar-refractivity contribution is 0.211. The first-order valence-electron chi connectivity index (χ1n) is 5.31. The Morgan fingerprint density at radius 3 is 2.29 bits per heavy atom. The van der Waals surface area contributed by atoms with Gasteiger partial charge in [-0.1, -0.05) is 12.8 Å². The number of nitrogens with zero attached hydrogens (tertiary/aromatic N) is 1. The van der Waals surface area contributed by atoms with Crippen molar-refractivity contribution in [3.63, 3.8) is 0 Å². The van der Waals surface area contributed by atoms with Crippen LogP contribution < -0.4 is 5.73 Å². The molecular formula is C9H18N2O2S. The zero-order valence-corrected chi connectivity index (χ0v) is 9.22. The molecule has 2 rings (SSSR count). The Morgan fingerprint density at radius 2 is 1.86 bits per heavy atom. The van der Waals surface area contributed by atoms with Gasteiger partial charge in [-0.25, -0.2) is 8.42 Å². The SMILES string of the molecule is NCC1(N2CCCS2(=O)=O)CCCC1. The number of rotatable bonds is 2. The molecule has 0 spiro atoms. The first-order chi connectivity index (χ1) is 6.61. The molecule has 0 aromatic rings. The summed E-state index contributed by atoms with van der Waals surface area (Å²) in [5, 5.41) is 0. The second-order valence-electron chi connectivity index (χ2n) is 4.38. The van der Waals surface area contributed by atoms with E-state index in [1.54, 1.807) is 4.31 Å². The van der Waals surface area contributed by atoms with Gasteiger partial charge < -0.3 is 5.73 Å². The highest BCUT2D eigenvalue weighted by Crippen LogP contribution is 2.38. The molecule has 2 N–H and O–H groups in total. The number of hydrogen-bond donors (Lipinski definition) is 1. The van der Waals surface area contributed by atoms with Gasteiger partial charge in [-0.3, -0.25) is 0 Å². The Hall–Kier alpha value is -0.130. The normalized spacial score (nSPS) is 30.9. The summed E-state index contributed by atoms with van der Waals surface area (Å²) in [6, 6.07) is 0. The summed E-state index contributed by atoms with van der Waals surface area (Å²) >= 11 is 0. The Balaban J connectivity index is 2.28.